The SMILES string of the molecule is Cl.NCCC(=O)NCC1CCCCN1S(=O)(=O)Cc1ccc(F)c(Cl)c1. The average molecular weight is 428 g/mol. The molecule has 1 fully saturated rings. The number of hydrogen-bond donors (Lipinski definition) is 2. The summed E-state index contributed by atoms with van der Waals surface area (Å²) in [5.41, 5.74) is 5.77. The summed E-state index contributed by atoms with van der Waals surface area (Å²) >= 11 is 5.73. The van der Waals surface area contributed by atoms with E-state index in [1.807, 2.05) is 0 Å². The summed E-state index contributed by atoms with van der Waals surface area (Å²) in [7, 11) is -3.60. The fourth-order valence-electron chi connectivity index (χ4n) is 2.92. The van der Waals surface area contributed by atoms with Crippen molar-refractivity contribution in [2.45, 2.75) is 37.5 Å². The fraction of sp³-hybridized carbons (Fsp3) is 0.562. The van der Waals surface area contributed by atoms with Crippen LogP contribution in [0.25, 0.3) is 0 Å². The first kappa shape index (κ1) is 23.1. The zero-order valence-electron chi connectivity index (χ0n) is 14.3. The number of rotatable bonds is 7. The van der Waals surface area contributed by atoms with E-state index in [0.717, 1.165) is 18.9 Å². The van der Waals surface area contributed by atoms with Crippen LogP contribution in [0, 0.1) is 5.82 Å². The molecule has 0 bridgehead atoms. The second-order valence-electron chi connectivity index (χ2n) is 6.11. The maximum atomic E-state index is 13.2. The first-order valence-corrected chi connectivity index (χ1v) is 10.2. The number of nitrogens with zero attached hydrogens (tertiary/aromatic N) is 1. The number of sulfonamides is 1. The molecule has 0 aromatic heterocycles. The van der Waals surface area contributed by atoms with Crippen molar-refractivity contribution in [1.29, 1.82) is 0 Å². The van der Waals surface area contributed by atoms with Crippen LogP contribution < -0.4 is 11.1 Å². The van der Waals surface area contributed by atoms with E-state index in [4.69, 9.17) is 17.3 Å². The van der Waals surface area contributed by atoms with Crippen LogP contribution in [0.5, 0.6) is 0 Å². The molecule has 1 aliphatic heterocycles. The maximum absolute atomic E-state index is 13.2. The van der Waals surface area contributed by atoms with Gasteiger partial charge in [-0.05, 0) is 30.5 Å². The van der Waals surface area contributed by atoms with Crippen molar-refractivity contribution in [3.05, 3.63) is 34.6 Å². The predicted molar refractivity (Wildman–Crippen MR) is 102 cm³/mol. The van der Waals surface area contributed by atoms with Crippen molar-refractivity contribution in [2.75, 3.05) is 19.6 Å². The van der Waals surface area contributed by atoms with E-state index >= 15 is 0 Å². The Morgan fingerprint density at radius 3 is 2.77 bits per heavy atom. The molecule has 0 saturated carbocycles. The molecule has 1 aliphatic rings. The lowest BCUT2D eigenvalue weighted by Crippen LogP contribution is -2.49. The number of carbonyl (C=O) groups excluding carboxylic acids is 1. The van der Waals surface area contributed by atoms with Crippen molar-refractivity contribution < 1.29 is 17.6 Å². The standard InChI is InChI=1S/C16H23ClFN3O3S.ClH/c17-14-9-12(4-5-15(14)18)11-25(23,24)21-8-2-1-3-13(21)10-20-16(22)6-7-19;/h4-5,9,13H,1-3,6-8,10-11,19H2,(H,20,22);1H. The molecule has 1 aromatic carbocycles. The van der Waals surface area contributed by atoms with Gasteiger partial charge in [-0.25, -0.2) is 12.8 Å². The summed E-state index contributed by atoms with van der Waals surface area (Å²) in [5.74, 6) is -1.02. The van der Waals surface area contributed by atoms with Crippen molar-refractivity contribution in [3.63, 3.8) is 0 Å². The Bertz CT molecular complexity index is 719. The molecule has 2 rings (SSSR count). The van der Waals surface area contributed by atoms with E-state index < -0.39 is 15.8 Å². The van der Waals surface area contributed by atoms with Crippen molar-refractivity contribution in [3.8, 4) is 0 Å². The quantitative estimate of drug-likeness (QED) is 0.696. The highest BCUT2D eigenvalue weighted by Gasteiger charge is 2.32. The van der Waals surface area contributed by atoms with E-state index in [0.29, 0.717) is 18.5 Å². The van der Waals surface area contributed by atoms with E-state index in [2.05, 4.69) is 5.32 Å². The van der Waals surface area contributed by atoms with Crippen molar-refractivity contribution in [1.82, 2.24) is 9.62 Å². The minimum atomic E-state index is -3.60. The van der Waals surface area contributed by atoms with Crippen molar-refractivity contribution >= 4 is 39.9 Å². The maximum Gasteiger partial charge on any atom is 0.221 e. The van der Waals surface area contributed by atoms with Crippen LogP contribution in [-0.4, -0.2) is 44.3 Å². The molecule has 1 saturated heterocycles. The van der Waals surface area contributed by atoms with E-state index in [1.54, 1.807) is 0 Å². The molecule has 0 radical (unpaired) electrons. The number of hydrogen-bond acceptors (Lipinski definition) is 4. The molecular formula is C16H24Cl2FN3O3S. The minimum absolute atomic E-state index is 0. The summed E-state index contributed by atoms with van der Waals surface area (Å²) in [4.78, 5) is 11.6. The Morgan fingerprint density at radius 2 is 2.12 bits per heavy atom. The molecular weight excluding hydrogens is 404 g/mol. The van der Waals surface area contributed by atoms with Gasteiger partial charge in [-0.2, -0.15) is 4.31 Å². The Labute approximate surface area is 164 Å². The van der Waals surface area contributed by atoms with Crippen LogP contribution in [0.3, 0.4) is 0 Å². The molecule has 1 aromatic rings. The van der Waals surface area contributed by atoms with Gasteiger partial charge < -0.3 is 11.1 Å². The minimum Gasteiger partial charge on any atom is -0.354 e. The number of amides is 1. The number of halogens is 3. The predicted octanol–water partition coefficient (Wildman–Crippen LogP) is 2.05. The highest BCUT2D eigenvalue weighted by molar-refractivity contribution is 7.88. The summed E-state index contributed by atoms with van der Waals surface area (Å²) in [6.07, 6.45) is 2.59. The van der Waals surface area contributed by atoms with Gasteiger partial charge in [0.25, 0.3) is 0 Å². The molecule has 0 spiro atoms. The summed E-state index contributed by atoms with van der Waals surface area (Å²) in [6.45, 7) is 0.931. The molecule has 1 amide bonds. The van der Waals surface area contributed by atoms with Gasteiger partial charge in [0.15, 0.2) is 0 Å². The molecule has 1 heterocycles. The molecule has 10 heteroatoms. The van der Waals surface area contributed by atoms with Crippen LogP contribution in [0.15, 0.2) is 18.2 Å². The Morgan fingerprint density at radius 1 is 1.38 bits per heavy atom. The molecule has 1 atom stereocenters. The first-order chi connectivity index (χ1) is 11.8. The Hall–Kier alpha value is -0.930. The number of carbonyl (C=O) groups is 1. The van der Waals surface area contributed by atoms with Gasteiger partial charge in [0.1, 0.15) is 5.82 Å². The Kier molecular flexibility index (Phi) is 9.26. The van der Waals surface area contributed by atoms with Crippen LogP contribution in [-0.2, 0) is 20.6 Å². The zero-order valence-corrected chi connectivity index (χ0v) is 16.7. The summed E-state index contributed by atoms with van der Waals surface area (Å²) in [6, 6.07) is 3.63. The van der Waals surface area contributed by atoms with Crippen LogP contribution in [0.1, 0.15) is 31.2 Å². The lowest BCUT2D eigenvalue weighted by Gasteiger charge is -2.34. The lowest BCUT2D eigenvalue weighted by molar-refractivity contribution is -0.121. The summed E-state index contributed by atoms with van der Waals surface area (Å²) < 4.78 is 40.3. The third-order valence-electron chi connectivity index (χ3n) is 4.17. The highest BCUT2D eigenvalue weighted by atomic mass is 35.5. The van der Waals surface area contributed by atoms with Gasteiger partial charge in [0.2, 0.25) is 15.9 Å². The normalized spacial score (nSPS) is 18.2. The third-order valence-corrected chi connectivity index (χ3v) is 6.35. The van der Waals surface area contributed by atoms with E-state index in [-0.39, 0.29) is 54.6 Å². The first-order valence-electron chi connectivity index (χ1n) is 8.23. The van der Waals surface area contributed by atoms with Gasteiger partial charge in [0.05, 0.1) is 10.8 Å². The van der Waals surface area contributed by atoms with Gasteiger partial charge in [-0.3, -0.25) is 4.79 Å². The second kappa shape index (κ2) is 10.4. The number of nitrogens with one attached hydrogen (secondary N) is 1. The molecule has 148 valence electrons. The second-order valence-corrected chi connectivity index (χ2v) is 8.44. The van der Waals surface area contributed by atoms with Gasteiger partial charge in [-0.1, -0.05) is 24.1 Å². The fourth-order valence-corrected chi connectivity index (χ4v) is 4.93. The molecule has 3 N–H and O–H groups in total. The van der Waals surface area contributed by atoms with Crippen LogP contribution >= 0.6 is 24.0 Å². The summed E-state index contributed by atoms with van der Waals surface area (Å²) in [5, 5.41) is 2.64. The lowest BCUT2D eigenvalue weighted by atomic mass is 10.1. The molecule has 1 unspecified atom stereocenters. The highest BCUT2D eigenvalue weighted by Crippen LogP contribution is 2.24. The van der Waals surface area contributed by atoms with Gasteiger partial charge in [-0.15, -0.1) is 12.4 Å². The number of piperidine rings is 1. The van der Waals surface area contributed by atoms with Crippen molar-refractivity contribution in [2.24, 2.45) is 5.73 Å². The number of benzene rings is 1. The largest absolute Gasteiger partial charge is 0.354 e. The zero-order chi connectivity index (χ0) is 18.4. The molecule has 26 heavy (non-hydrogen) atoms. The monoisotopic (exact) mass is 427 g/mol. The van der Waals surface area contributed by atoms with Crippen LogP contribution in [0.4, 0.5) is 4.39 Å². The molecule has 0 aliphatic carbocycles. The smallest absolute Gasteiger partial charge is 0.221 e. The Balaban J connectivity index is 0.00000338. The number of nitrogens with two attached hydrogens (primary N) is 1. The van der Waals surface area contributed by atoms with E-state index in [9.17, 15) is 17.6 Å². The van der Waals surface area contributed by atoms with Gasteiger partial charge >= 0.3 is 0 Å². The average Bonchev–Trinajstić information content (AvgIpc) is 2.56. The topological polar surface area (TPSA) is 92.5 Å². The van der Waals surface area contributed by atoms with Crippen LogP contribution in [0.2, 0.25) is 5.02 Å². The van der Waals surface area contributed by atoms with E-state index in [1.165, 1.54) is 16.4 Å². The third kappa shape index (κ3) is 6.35. The van der Waals surface area contributed by atoms with Gasteiger partial charge in [0, 0.05) is 32.1 Å². The molecule has 6 nitrogen and oxygen atoms in total.